The first-order chi connectivity index (χ1) is 46.3. The second kappa shape index (κ2) is 33.0. The molecule has 11 rings (SSSR count). The molecule has 0 heterocycles. The van der Waals surface area contributed by atoms with Gasteiger partial charge in [-0.2, -0.15) is 0 Å². The minimum Gasteiger partial charge on any atom is -0.493 e. The maximum atomic E-state index is 7.14. The van der Waals surface area contributed by atoms with E-state index in [0.29, 0.717) is 104 Å². The van der Waals surface area contributed by atoms with Crippen LogP contribution in [0.4, 0.5) is 0 Å². The summed E-state index contributed by atoms with van der Waals surface area (Å²) < 4.78 is 55.7. The molecule has 0 spiro atoms. The molecule has 0 amide bonds. The number of hydrogen-bond donors (Lipinski definition) is 0. The van der Waals surface area contributed by atoms with E-state index in [1.54, 1.807) is 0 Å². The molecule has 0 aliphatic heterocycles. The fourth-order valence-electron chi connectivity index (χ4n) is 13.6. The van der Waals surface area contributed by atoms with Gasteiger partial charge < -0.3 is 37.9 Å². The van der Waals surface area contributed by atoms with E-state index in [1.165, 1.54) is 0 Å². The molecule has 2 aliphatic rings. The minimum atomic E-state index is 0.574. The van der Waals surface area contributed by atoms with E-state index >= 15 is 0 Å². The standard InChI is InChI=1S/C86H98O8/c1-9-39-87-79-59-25-19-26-60(79)48-64-30-22-34-68(82(64)90-42-12-4)52-74-56-71(55-73(85(74)93-45-15-7)51-67-33-21-29-63(47-59)81(67)89-41-11-3)77-37-17-18-38-78(77)72-57-75-53-69-35-23-31-65(83(69)91-43-13-5)49-61-27-20-28-62(80(61)88-40-10-2)50-66-32-24-36-70(84(66)92-44-14-6)54-76(58-72)86(75)94-46-16-8/h17-38,55-58H,9-16,39-54H2,1-8H3. The van der Waals surface area contributed by atoms with Crippen LogP contribution in [0, 0.1) is 0 Å². The molecule has 0 fully saturated rings. The number of fused-ring (bicyclic) bond motifs is 16. The smallest absolute Gasteiger partial charge is 0.126 e. The number of benzene rings is 9. The van der Waals surface area contributed by atoms with Gasteiger partial charge >= 0.3 is 0 Å². The SMILES string of the molecule is CCCOc1c2cccc1Cc1cccc(c1OCCC)Cc1cc(-c3ccccc3-c3cc4c(OCCC)c(c3)Cc3cccc(c3OCCC)Cc3cccc(c3OCCC)Cc3cccc(c3OCCC)C4)cc(c1OCCC)Cc1cccc(c1OCCC)C2. The highest BCUT2D eigenvalue weighted by Crippen LogP contribution is 2.46. The van der Waals surface area contributed by atoms with Gasteiger partial charge in [0.1, 0.15) is 46.0 Å². The second-order valence-electron chi connectivity index (χ2n) is 25.4. The van der Waals surface area contributed by atoms with Crippen molar-refractivity contribution < 1.29 is 37.9 Å². The Bertz CT molecular complexity index is 3540. The maximum Gasteiger partial charge on any atom is 0.126 e. The fraction of sp³-hybridized carbons (Fsp3) is 0.372. The van der Waals surface area contributed by atoms with E-state index in [4.69, 9.17) is 37.9 Å². The lowest BCUT2D eigenvalue weighted by Gasteiger charge is -2.24. The molecule has 0 saturated carbocycles. The molecule has 9 aromatic rings. The van der Waals surface area contributed by atoms with Crippen molar-refractivity contribution in [3.63, 3.8) is 0 Å². The number of ether oxygens (including phenoxy) is 8. The Morgan fingerprint density at radius 2 is 0.340 bits per heavy atom. The van der Waals surface area contributed by atoms with Crippen LogP contribution in [0.25, 0.3) is 22.3 Å². The predicted molar refractivity (Wildman–Crippen MR) is 385 cm³/mol. The van der Waals surface area contributed by atoms with E-state index in [0.717, 1.165) is 209 Å². The molecule has 16 bridgehead atoms. The highest BCUT2D eigenvalue weighted by Gasteiger charge is 2.27. The molecule has 8 heteroatoms. The highest BCUT2D eigenvalue weighted by molar-refractivity contribution is 5.86. The van der Waals surface area contributed by atoms with Gasteiger partial charge in [-0.3, -0.25) is 0 Å². The van der Waals surface area contributed by atoms with Crippen LogP contribution < -0.4 is 37.9 Å². The highest BCUT2D eigenvalue weighted by atomic mass is 16.5. The zero-order valence-electron chi connectivity index (χ0n) is 57.2. The van der Waals surface area contributed by atoms with Crippen LogP contribution in [-0.2, 0) is 51.4 Å². The summed E-state index contributed by atoms with van der Waals surface area (Å²) in [5.74, 6) is 7.47. The third-order valence-electron chi connectivity index (χ3n) is 17.8. The lowest BCUT2D eigenvalue weighted by Crippen LogP contribution is -2.10. The zero-order valence-corrected chi connectivity index (χ0v) is 57.2. The van der Waals surface area contributed by atoms with Gasteiger partial charge in [0.15, 0.2) is 0 Å². The van der Waals surface area contributed by atoms with Crippen LogP contribution in [0.3, 0.4) is 0 Å². The van der Waals surface area contributed by atoms with Gasteiger partial charge in [0.25, 0.3) is 0 Å². The summed E-state index contributed by atoms with van der Waals surface area (Å²) in [5.41, 5.74) is 22.5. The van der Waals surface area contributed by atoms with Crippen molar-refractivity contribution in [3.05, 3.63) is 247 Å². The minimum absolute atomic E-state index is 0.574. The van der Waals surface area contributed by atoms with E-state index in [-0.39, 0.29) is 0 Å². The molecule has 490 valence electrons. The Kier molecular flexibility index (Phi) is 23.4. The zero-order chi connectivity index (χ0) is 65.2. The molecule has 94 heavy (non-hydrogen) atoms. The van der Waals surface area contributed by atoms with Gasteiger partial charge in [-0.25, -0.2) is 0 Å². The predicted octanol–water partition coefficient (Wildman–Crippen LogP) is 20.7. The van der Waals surface area contributed by atoms with E-state index < -0.39 is 0 Å². The molecule has 0 atom stereocenters. The Morgan fingerprint density at radius 1 is 0.191 bits per heavy atom. The van der Waals surface area contributed by atoms with Crippen LogP contribution in [-0.4, -0.2) is 52.9 Å². The second-order valence-corrected chi connectivity index (χ2v) is 25.4. The molecule has 0 unspecified atom stereocenters. The first kappa shape index (κ1) is 66.8. The number of hydrogen-bond acceptors (Lipinski definition) is 8. The normalized spacial score (nSPS) is 12.6. The van der Waals surface area contributed by atoms with Crippen molar-refractivity contribution in [1.82, 2.24) is 0 Å². The van der Waals surface area contributed by atoms with Crippen LogP contribution >= 0.6 is 0 Å². The summed E-state index contributed by atoms with van der Waals surface area (Å²) >= 11 is 0. The summed E-state index contributed by atoms with van der Waals surface area (Å²) in [7, 11) is 0. The summed E-state index contributed by atoms with van der Waals surface area (Å²) in [5, 5.41) is 0. The van der Waals surface area contributed by atoms with Crippen molar-refractivity contribution in [2.24, 2.45) is 0 Å². The van der Waals surface area contributed by atoms with Crippen LogP contribution in [0.15, 0.2) is 158 Å². The van der Waals surface area contributed by atoms with E-state index in [1.807, 2.05) is 0 Å². The molecular weight excluding hydrogens is 1160 g/mol. The summed E-state index contributed by atoms with van der Waals surface area (Å²) in [4.78, 5) is 0. The lowest BCUT2D eigenvalue weighted by molar-refractivity contribution is 0.304. The average molecular weight is 1260 g/mol. The molecule has 0 N–H and O–H groups in total. The van der Waals surface area contributed by atoms with Gasteiger partial charge in [0.2, 0.25) is 0 Å². The van der Waals surface area contributed by atoms with Crippen LogP contribution in [0.5, 0.6) is 46.0 Å². The van der Waals surface area contributed by atoms with Gasteiger partial charge in [-0.15, -0.1) is 0 Å². The summed E-state index contributed by atoms with van der Waals surface area (Å²) in [6.45, 7) is 22.3. The Hall–Kier alpha value is -8.62. The Labute approximate surface area is 560 Å². The number of para-hydroxylation sites is 6. The van der Waals surface area contributed by atoms with Gasteiger partial charge in [0.05, 0.1) is 52.9 Å². The Balaban J connectivity index is 1.15. The molecule has 0 aromatic heterocycles. The monoisotopic (exact) mass is 1260 g/mol. The quantitative estimate of drug-likeness (QED) is 0.0531. The van der Waals surface area contributed by atoms with Gasteiger partial charge in [-0.05, 0) is 187 Å². The molecule has 9 aromatic carbocycles. The average Bonchev–Trinajstić information content (AvgIpc) is 0.786. The van der Waals surface area contributed by atoms with Crippen molar-refractivity contribution in [1.29, 1.82) is 0 Å². The largest absolute Gasteiger partial charge is 0.493 e. The molecule has 2 aliphatic carbocycles. The Morgan fingerprint density at radius 3 is 0.500 bits per heavy atom. The van der Waals surface area contributed by atoms with Gasteiger partial charge in [0, 0.05) is 51.4 Å². The van der Waals surface area contributed by atoms with Crippen LogP contribution in [0.2, 0.25) is 0 Å². The molecule has 0 saturated heterocycles. The van der Waals surface area contributed by atoms with Crippen molar-refractivity contribution in [2.75, 3.05) is 52.9 Å². The lowest BCUT2D eigenvalue weighted by atomic mass is 9.86. The van der Waals surface area contributed by atoms with Crippen molar-refractivity contribution in [2.45, 2.75) is 158 Å². The topological polar surface area (TPSA) is 73.8 Å². The summed E-state index contributed by atoms with van der Waals surface area (Å²) in [6, 6.07) is 58.7. The molecule has 8 nitrogen and oxygen atoms in total. The first-order valence-electron chi connectivity index (χ1n) is 35.4. The number of rotatable bonds is 26. The van der Waals surface area contributed by atoms with Crippen molar-refractivity contribution >= 4 is 0 Å². The van der Waals surface area contributed by atoms with E-state index in [2.05, 4.69) is 213 Å². The van der Waals surface area contributed by atoms with Crippen LogP contribution in [0.1, 0.15) is 196 Å². The molecular formula is C86H98O8. The van der Waals surface area contributed by atoms with Gasteiger partial charge in [-0.1, -0.05) is 189 Å². The molecule has 0 radical (unpaired) electrons. The maximum absolute atomic E-state index is 7.14. The van der Waals surface area contributed by atoms with Crippen molar-refractivity contribution in [3.8, 4) is 68.2 Å². The van der Waals surface area contributed by atoms with E-state index in [9.17, 15) is 0 Å². The summed E-state index contributed by atoms with van der Waals surface area (Å²) in [6.07, 6.45) is 12.1. The fourth-order valence-corrected chi connectivity index (χ4v) is 13.6. The third kappa shape index (κ3) is 15.6. The first-order valence-corrected chi connectivity index (χ1v) is 35.4. The third-order valence-corrected chi connectivity index (χ3v) is 17.8.